The first-order valence-electron chi connectivity index (χ1n) is 12.1. The van der Waals surface area contributed by atoms with Crippen molar-refractivity contribution in [1.82, 2.24) is 10.3 Å². The van der Waals surface area contributed by atoms with Gasteiger partial charge in [-0.05, 0) is 29.7 Å². The highest BCUT2D eigenvalue weighted by molar-refractivity contribution is 6.06. The zero-order valence-corrected chi connectivity index (χ0v) is 20.4. The number of nitrogens with zero attached hydrogens (tertiary/aromatic N) is 1. The summed E-state index contributed by atoms with van der Waals surface area (Å²) in [5.74, 6) is -0.940. The average molecular weight is 487 g/mol. The van der Waals surface area contributed by atoms with Crippen molar-refractivity contribution in [2.45, 2.75) is 13.0 Å². The Labute approximate surface area is 215 Å². The van der Waals surface area contributed by atoms with E-state index in [4.69, 9.17) is 9.72 Å². The molecular formula is C32H26N2O3. The molecule has 1 amide bonds. The molecule has 0 unspecified atom stereocenters. The van der Waals surface area contributed by atoms with Crippen LogP contribution in [0.4, 0.5) is 0 Å². The molecule has 5 nitrogen and oxygen atoms in total. The maximum absolute atomic E-state index is 13.4. The summed E-state index contributed by atoms with van der Waals surface area (Å²) in [5.41, 5.74) is 5.32. The third-order valence-corrected chi connectivity index (χ3v) is 6.29. The number of benzene rings is 4. The maximum Gasteiger partial charge on any atom is 0.339 e. The van der Waals surface area contributed by atoms with Crippen LogP contribution < -0.4 is 5.32 Å². The van der Waals surface area contributed by atoms with Crippen molar-refractivity contribution in [3.05, 3.63) is 138 Å². The van der Waals surface area contributed by atoms with Crippen LogP contribution in [-0.4, -0.2) is 23.5 Å². The zero-order chi connectivity index (χ0) is 25.6. The molecule has 5 rings (SSSR count). The summed E-state index contributed by atoms with van der Waals surface area (Å²) >= 11 is 0. The summed E-state index contributed by atoms with van der Waals surface area (Å²) in [6.45, 7) is 1.46. The number of hydrogen-bond acceptors (Lipinski definition) is 4. The molecule has 5 heteroatoms. The van der Waals surface area contributed by atoms with Crippen LogP contribution in [0.25, 0.3) is 22.2 Å². The lowest BCUT2D eigenvalue weighted by Crippen LogP contribution is -2.33. The summed E-state index contributed by atoms with van der Waals surface area (Å²) in [5, 5.41) is 3.71. The van der Waals surface area contributed by atoms with Gasteiger partial charge in [-0.25, -0.2) is 9.78 Å². The van der Waals surface area contributed by atoms with E-state index in [0.29, 0.717) is 27.7 Å². The molecule has 0 saturated heterocycles. The van der Waals surface area contributed by atoms with Crippen molar-refractivity contribution in [2.75, 3.05) is 6.61 Å². The molecule has 0 aliphatic rings. The minimum Gasteiger partial charge on any atom is -0.452 e. The minimum atomic E-state index is -0.556. The topological polar surface area (TPSA) is 68.3 Å². The van der Waals surface area contributed by atoms with E-state index in [2.05, 4.69) is 5.32 Å². The first-order valence-corrected chi connectivity index (χ1v) is 12.1. The van der Waals surface area contributed by atoms with Gasteiger partial charge in [-0.1, -0.05) is 109 Å². The zero-order valence-electron chi connectivity index (χ0n) is 20.4. The summed E-state index contributed by atoms with van der Waals surface area (Å²) in [6.07, 6.45) is 0. The number of nitrogens with one attached hydrogen (secondary N) is 1. The van der Waals surface area contributed by atoms with Gasteiger partial charge in [0.2, 0.25) is 0 Å². The van der Waals surface area contributed by atoms with Crippen LogP contribution in [0.3, 0.4) is 0 Å². The summed E-state index contributed by atoms with van der Waals surface area (Å²) in [6, 6.07) is 36.2. The Kier molecular flexibility index (Phi) is 7.04. The second-order valence-corrected chi connectivity index (χ2v) is 8.74. The Morgan fingerprint density at radius 3 is 1.92 bits per heavy atom. The number of aromatic nitrogens is 1. The SMILES string of the molecule is Cc1c(-c2ccccc2)nc2ccccc2c1C(=O)OCC(=O)NC(c1ccccc1)c1ccccc1. The van der Waals surface area contributed by atoms with Crippen molar-refractivity contribution in [1.29, 1.82) is 0 Å². The molecule has 5 aromatic rings. The number of esters is 1. The number of ether oxygens (including phenoxy) is 1. The largest absolute Gasteiger partial charge is 0.452 e. The molecule has 37 heavy (non-hydrogen) atoms. The van der Waals surface area contributed by atoms with E-state index >= 15 is 0 Å². The van der Waals surface area contributed by atoms with Crippen molar-refractivity contribution >= 4 is 22.8 Å². The molecule has 1 heterocycles. The third-order valence-electron chi connectivity index (χ3n) is 6.29. The molecule has 0 spiro atoms. The lowest BCUT2D eigenvalue weighted by Gasteiger charge is -2.20. The van der Waals surface area contributed by atoms with Gasteiger partial charge < -0.3 is 10.1 Å². The highest BCUT2D eigenvalue weighted by Gasteiger charge is 2.22. The molecule has 0 bridgehead atoms. The third kappa shape index (κ3) is 5.26. The number of pyridine rings is 1. The van der Waals surface area contributed by atoms with Crippen molar-refractivity contribution in [3.63, 3.8) is 0 Å². The molecule has 0 fully saturated rings. The van der Waals surface area contributed by atoms with Crippen molar-refractivity contribution < 1.29 is 14.3 Å². The number of fused-ring (bicyclic) bond motifs is 1. The second kappa shape index (κ2) is 10.9. The van der Waals surface area contributed by atoms with E-state index in [1.165, 1.54) is 0 Å². The van der Waals surface area contributed by atoms with Crippen LogP contribution >= 0.6 is 0 Å². The van der Waals surface area contributed by atoms with Gasteiger partial charge >= 0.3 is 5.97 Å². The van der Waals surface area contributed by atoms with Crippen LogP contribution in [0.5, 0.6) is 0 Å². The highest BCUT2D eigenvalue weighted by Crippen LogP contribution is 2.30. The van der Waals surface area contributed by atoms with E-state index in [-0.39, 0.29) is 11.9 Å². The maximum atomic E-state index is 13.4. The van der Waals surface area contributed by atoms with Crippen LogP contribution in [0.2, 0.25) is 0 Å². The van der Waals surface area contributed by atoms with Gasteiger partial charge in [0.15, 0.2) is 6.61 Å². The molecule has 0 saturated carbocycles. The molecule has 0 aliphatic carbocycles. The first kappa shape index (κ1) is 23.9. The van der Waals surface area contributed by atoms with Gasteiger partial charge in [0.25, 0.3) is 5.91 Å². The predicted molar refractivity (Wildman–Crippen MR) is 145 cm³/mol. The molecule has 182 valence electrons. The lowest BCUT2D eigenvalue weighted by atomic mass is 9.98. The number of hydrogen-bond donors (Lipinski definition) is 1. The van der Waals surface area contributed by atoms with E-state index < -0.39 is 12.6 Å². The van der Waals surface area contributed by atoms with E-state index in [0.717, 1.165) is 16.7 Å². The van der Waals surface area contributed by atoms with E-state index in [1.807, 2.05) is 122 Å². The smallest absolute Gasteiger partial charge is 0.339 e. The normalized spacial score (nSPS) is 10.9. The van der Waals surface area contributed by atoms with Crippen molar-refractivity contribution in [2.24, 2.45) is 0 Å². The molecule has 0 atom stereocenters. The van der Waals surface area contributed by atoms with Gasteiger partial charge in [0, 0.05) is 10.9 Å². The Morgan fingerprint density at radius 1 is 0.757 bits per heavy atom. The fraction of sp³-hybridized carbons (Fsp3) is 0.0938. The Balaban J connectivity index is 1.39. The summed E-state index contributed by atoms with van der Waals surface area (Å²) in [4.78, 5) is 31.1. The number of para-hydroxylation sites is 1. The van der Waals surface area contributed by atoms with Gasteiger partial charge in [-0.2, -0.15) is 0 Å². The molecule has 4 aromatic carbocycles. The molecule has 0 aliphatic heterocycles. The molecule has 1 N–H and O–H groups in total. The fourth-order valence-electron chi connectivity index (χ4n) is 4.50. The average Bonchev–Trinajstić information content (AvgIpc) is 2.95. The number of carbonyl (C=O) groups excluding carboxylic acids is 2. The molecule has 1 aromatic heterocycles. The van der Waals surface area contributed by atoms with Crippen molar-refractivity contribution in [3.8, 4) is 11.3 Å². The van der Waals surface area contributed by atoms with E-state index in [1.54, 1.807) is 0 Å². The predicted octanol–water partition coefficient (Wildman–Crippen LogP) is 6.27. The quantitative estimate of drug-likeness (QED) is 0.275. The fourth-order valence-corrected chi connectivity index (χ4v) is 4.50. The monoisotopic (exact) mass is 486 g/mol. The van der Waals surface area contributed by atoms with Gasteiger partial charge in [-0.3, -0.25) is 4.79 Å². The van der Waals surface area contributed by atoms with Gasteiger partial charge in [0.1, 0.15) is 0 Å². The van der Waals surface area contributed by atoms with Crippen LogP contribution in [0, 0.1) is 6.92 Å². The summed E-state index contributed by atoms with van der Waals surface area (Å²) in [7, 11) is 0. The number of rotatable bonds is 7. The van der Waals surface area contributed by atoms with E-state index in [9.17, 15) is 9.59 Å². The Morgan fingerprint density at radius 2 is 1.30 bits per heavy atom. The number of amides is 1. The highest BCUT2D eigenvalue weighted by atomic mass is 16.5. The van der Waals surface area contributed by atoms with Crippen LogP contribution in [0.1, 0.15) is 33.1 Å². The first-order chi connectivity index (χ1) is 18.1. The van der Waals surface area contributed by atoms with Gasteiger partial charge in [0.05, 0.1) is 22.8 Å². The van der Waals surface area contributed by atoms with Crippen LogP contribution in [-0.2, 0) is 9.53 Å². The number of carbonyl (C=O) groups is 2. The standard InChI is InChI=1S/C32H26N2O3/c1-22-29(26-19-11-12-20-27(26)33-30(22)23-13-5-2-6-14-23)32(36)37-21-28(35)34-31(24-15-7-3-8-16-24)25-17-9-4-10-18-25/h2-20,31H,21H2,1H3,(H,34,35). The lowest BCUT2D eigenvalue weighted by molar-refractivity contribution is -0.124. The second-order valence-electron chi connectivity index (χ2n) is 8.74. The molecular weight excluding hydrogens is 460 g/mol. The summed E-state index contributed by atoms with van der Waals surface area (Å²) < 4.78 is 5.56. The van der Waals surface area contributed by atoms with Gasteiger partial charge in [-0.15, -0.1) is 0 Å². The van der Waals surface area contributed by atoms with Crippen LogP contribution in [0.15, 0.2) is 115 Å². The Hall–Kier alpha value is -4.77. The minimum absolute atomic E-state index is 0.359. The Bertz CT molecular complexity index is 1500. The molecule has 0 radical (unpaired) electrons.